The molecule has 3 aromatic carbocycles. The maximum atomic E-state index is 12.8. The van der Waals surface area contributed by atoms with Crippen LogP contribution in [0.2, 0.25) is 0 Å². The predicted octanol–water partition coefficient (Wildman–Crippen LogP) is 4.68. The molecule has 4 rings (SSSR count). The number of amides is 1. The average molecular weight is 421 g/mol. The molecule has 0 aromatic heterocycles. The SMILES string of the molecule is Cc1ccc(C(NC(=O)c2ccc(NS(=O)(=O)c3ccccc3)cc2)C2CC2)cc1. The van der Waals surface area contributed by atoms with Gasteiger partial charge in [0.1, 0.15) is 0 Å². The van der Waals surface area contributed by atoms with Crippen molar-refractivity contribution in [2.24, 2.45) is 5.92 Å². The molecule has 1 amide bonds. The molecule has 1 atom stereocenters. The normalized spacial score (nSPS) is 14.7. The highest BCUT2D eigenvalue weighted by atomic mass is 32.2. The van der Waals surface area contributed by atoms with E-state index < -0.39 is 10.0 Å². The van der Waals surface area contributed by atoms with E-state index in [-0.39, 0.29) is 16.8 Å². The Hall–Kier alpha value is -3.12. The number of hydrogen-bond donors (Lipinski definition) is 2. The lowest BCUT2D eigenvalue weighted by molar-refractivity contribution is 0.0931. The van der Waals surface area contributed by atoms with Gasteiger partial charge in [-0.05, 0) is 67.6 Å². The summed E-state index contributed by atoms with van der Waals surface area (Å²) in [6.45, 7) is 2.04. The summed E-state index contributed by atoms with van der Waals surface area (Å²) in [6.07, 6.45) is 2.22. The number of rotatable bonds is 7. The quantitative estimate of drug-likeness (QED) is 0.583. The highest BCUT2D eigenvalue weighted by Crippen LogP contribution is 2.41. The first-order chi connectivity index (χ1) is 14.4. The Morgan fingerprint density at radius 1 is 0.900 bits per heavy atom. The van der Waals surface area contributed by atoms with Crippen LogP contribution in [0.1, 0.15) is 40.4 Å². The summed E-state index contributed by atoms with van der Waals surface area (Å²) >= 11 is 0. The van der Waals surface area contributed by atoms with E-state index in [0.717, 1.165) is 18.4 Å². The highest BCUT2D eigenvalue weighted by molar-refractivity contribution is 7.92. The van der Waals surface area contributed by atoms with Crippen molar-refractivity contribution in [1.29, 1.82) is 0 Å². The van der Waals surface area contributed by atoms with Gasteiger partial charge >= 0.3 is 0 Å². The summed E-state index contributed by atoms with van der Waals surface area (Å²) in [4.78, 5) is 13.0. The van der Waals surface area contributed by atoms with Crippen molar-refractivity contribution >= 4 is 21.6 Å². The van der Waals surface area contributed by atoms with Crippen LogP contribution < -0.4 is 10.0 Å². The van der Waals surface area contributed by atoms with Gasteiger partial charge in [0.2, 0.25) is 0 Å². The smallest absolute Gasteiger partial charge is 0.261 e. The zero-order chi connectivity index (χ0) is 21.1. The van der Waals surface area contributed by atoms with E-state index in [1.54, 1.807) is 42.5 Å². The van der Waals surface area contributed by atoms with E-state index in [1.165, 1.54) is 17.7 Å². The first-order valence-corrected chi connectivity index (χ1v) is 11.5. The first-order valence-electron chi connectivity index (χ1n) is 9.98. The van der Waals surface area contributed by atoms with Crippen LogP contribution in [0.15, 0.2) is 83.8 Å². The molecule has 0 aliphatic heterocycles. The molecule has 6 heteroatoms. The third kappa shape index (κ3) is 4.71. The second-order valence-corrected chi connectivity index (χ2v) is 9.38. The van der Waals surface area contributed by atoms with Gasteiger partial charge in [-0.3, -0.25) is 9.52 Å². The number of carbonyl (C=O) groups is 1. The Morgan fingerprint density at radius 3 is 2.13 bits per heavy atom. The van der Waals surface area contributed by atoms with Gasteiger partial charge in [0.05, 0.1) is 10.9 Å². The van der Waals surface area contributed by atoms with E-state index in [0.29, 0.717) is 17.2 Å². The lowest BCUT2D eigenvalue weighted by Crippen LogP contribution is -2.29. The first kappa shape index (κ1) is 20.2. The molecule has 1 aliphatic rings. The van der Waals surface area contributed by atoms with Crippen LogP contribution in [0.25, 0.3) is 0 Å². The number of carbonyl (C=O) groups excluding carboxylic acids is 1. The molecule has 30 heavy (non-hydrogen) atoms. The standard InChI is InChI=1S/C24H24N2O3S/c1-17-7-9-18(10-8-17)23(19-11-12-19)25-24(27)20-13-15-21(16-14-20)26-30(28,29)22-5-3-2-4-6-22/h2-10,13-16,19,23,26H,11-12H2,1H3,(H,25,27). The van der Waals surface area contributed by atoms with Crippen LogP contribution in [0.4, 0.5) is 5.69 Å². The van der Waals surface area contributed by atoms with Gasteiger partial charge in [0, 0.05) is 11.3 Å². The molecule has 1 aliphatic carbocycles. The summed E-state index contributed by atoms with van der Waals surface area (Å²) in [5.74, 6) is 0.304. The lowest BCUT2D eigenvalue weighted by Gasteiger charge is -2.19. The largest absolute Gasteiger partial charge is 0.345 e. The molecule has 0 saturated heterocycles. The number of hydrogen-bond acceptors (Lipinski definition) is 3. The van der Waals surface area contributed by atoms with Crippen molar-refractivity contribution in [2.45, 2.75) is 30.7 Å². The van der Waals surface area contributed by atoms with Crippen LogP contribution in [-0.2, 0) is 10.0 Å². The number of aryl methyl sites for hydroxylation is 1. The topological polar surface area (TPSA) is 75.3 Å². The maximum Gasteiger partial charge on any atom is 0.261 e. The Morgan fingerprint density at radius 2 is 1.53 bits per heavy atom. The van der Waals surface area contributed by atoms with Crippen molar-refractivity contribution < 1.29 is 13.2 Å². The molecular weight excluding hydrogens is 396 g/mol. The molecule has 1 unspecified atom stereocenters. The van der Waals surface area contributed by atoms with Gasteiger partial charge < -0.3 is 5.32 Å². The molecular formula is C24H24N2O3S. The summed E-state index contributed by atoms with van der Waals surface area (Å²) in [6, 6.07) is 22.9. The molecule has 1 fully saturated rings. The van der Waals surface area contributed by atoms with Crippen LogP contribution >= 0.6 is 0 Å². The van der Waals surface area contributed by atoms with E-state index in [1.807, 2.05) is 6.92 Å². The zero-order valence-corrected chi connectivity index (χ0v) is 17.5. The van der Waals surface area contributed by atoms with Gasteiger partial charge in [0.25, 0.3) is 15.9 Å². The van der Waals surface area contributed by atoms with Crippen molar-refractivity contribution in [3.05, 3.63) is 95.6 Å². The van der Waals surface area contributed by atoms with E-state index in [2.05, 4.69) is 34.3 Å². The molecule has 2 N–H and O–H groups in total. The third-order valence-electron chi connectivity index (χ3n) is 5.27. The van der Waals surface area contributed by atoms with Crippen molar-refractivity contribution in [3.63, 3.8) is 0 Å². The van der Waals surface area contributed by atoms with Gasteiger partial charge in [-0.25, -0.2) is 8.42 Å². The minimum Gasteiger partial charge on any atom is -0.345 e. The molecule has 0 radical (unpaired) electrons. The lowest BCUT2D eigenvalue weighted by atomic mass is 10.0. The molecule has 0 bridgehead atoms. The summed E-state index contributed by atoms with van der Waals surface area (Å²) in [5, 5.41) is 3.15. The van der Waals surface area contributed by atoms with Crippen LogP contribution in [-0.4, -0.2) is 14.3 Å². The predicted molar refractivity (Wildman–Crippen MR) is 118 cm³/mol. The monoisotopic (exact) mass is 420 g/mol. The molecule has 5 nitrogen and oxygen atoms in total. The highest BCUT2D eigenvalue weighted by Gasteiger charge is 2.33. The molecule has 0 heterocycles. The molecule has 0 spiro atoms. The Labute approximate surface area is 177 Å². The van der Waals surface area contributed by atoms with Crippen LogP contribution in [0, 0.1) is 12.8 Å². The second kappa shape index (κ2) is 8.32. The second-order valence-electron chi connectivity index (χ2n) is 7.70. The third-order valence-corrected chi connectivity index (χ3v) is 6.67. The summed E-state index contributed by atoms with van der Waals surface area (Å²) in [5.41, 5.74) is 3.21. The fourth-order valence-electron chi connectivity index (χ4n) is 3.40. The van der Waals surface area contributed by atoms with Crippen molar-refractivity contribution in [2.75, 3.05) is 4.72 Å². The van der Waals surface area contributed by atoms with Crippen molar-refractivity contribution in [3.8, 4) is 0 Å². The van der Waals surface area contributed by atoms with Crippen molar-refractivity contribution in [1.82, 2.24) is 5.32 Å². The minimum absolute atomic E-state index is 0.00522. The number of benzene rings is 3. The number of anilines is 1. The fourth-order valence-corrected chi connectivity index (χ4v) is 4.48. The number of sulfonamides is 1. The Balaban J connectivity index is 1.45. The zero-order valence-electron chi connectivity index (χ0n) is 16.7. The summed E-state index contributed by atoms with van der Waals surface area (Å²) in [7, 11) is -3.66. The van der Waals surface area contributed by atoms with Gasteiger partial charge in [-0.15, -0.1) is 0 Å². The van der Waals surface area contributed by atoms with E-state index in [9.17, 15) is 13.2 Å². The summed E-state index contributed by atoms with van der Waals surface area (Å²) < 4.78 is 27.4. The molecule has 1 saturated carbocycles. The van der Waals surface area contributed by atoms with Gasteiger partial charge in [0.15, 0.2) is 0 Å². The van der Waals surface area contributed by atoms with Gasteiger partial charge in [-0.2, -0.15) is 0 Å². The van der Waals surface area contributed by atoms with E-state index in [4.69, 9.17) is 0 Å². The van der Waals surface area contributed by atoms with Gasteiger partial charge in [-0.1, -0.05) is 48.0 Å². The molecule has 3 aromatic rings. The fraction of sp³-hybridized carbons (Fsp3) is 0.208. The maximum absolute atomic E-state index is 12.8. The Bertz CT molecular complexity index is 1120. The Kier molecular flexibility index (Phi) is 5.59. The van der Waals surface area contributed by atoms with Crippen LogP contribution in [0.5, 0.6) is 0 Å². The van der Waals surface area contributed by atoms with Crippen LogP contribution in [0.3, 0.4) is 0 Å². The van der Waals surface area contributed by atoms with E-state index >= 15 is 0 Å². The average Bonchev–Trinajstić information content (AvgIpc) is 3.59. The number of nitrogens with one attached hydrogen (secondary N) is 2. The molecule has 154 valence electrons. The minimum atomic E-state index is -3.66.